The number of amides is 1. The van der Waals surface area contributed by atoms with Gasteiger partial charge in [0.2, 0.25) is 0 Å². The molecule has 0 aliphatic carbocycles. The summed E-state index contributed by atoms with van der Waals surface area (Å²) in [5.74, 6) is 0.645. The SMILES string of the molecule is O=C(O)N1CCC1COc1cncc(Br)c1. The fourth-order valence-corrected chi connectivity index (χ4v) is 1.87. The average molecular weight is 287 g/mol. The van der Waals surface area contributed by atoms with E-state index in [1.807, 2.05) is 0 Å². The molecule has 1 fully saturated rings. The normalized spacial score (nSPS) is 19.1. The van der Waals surface area contributed by atoms with Crippen LogP contribution in [0.1, 0.15) is 6.42 Å². The minimum atomic E-state index is -0.882. The number of likely N-dealkylation sites (tertiary alicyclic amines) is 1. The maximum Gasteiger partial charge on any atom is 0.407 e. The molecular weight excluding hydrogens is 276 g/mol. The van der Waals surface area contributed by atoms with Gasteiger partial charge in [0.1, 0.15) is 12.4 Å². The summed E-state index contributed by atoms with van der Waals surface area (Å²) in [5.41, 5.74) is 0. The number of hydrogen-bond donors (Lipinski definition) is 1. The smallest absolute Gasteiger partial charge is 0.407 e. The Balaban J connectivity index is 1.86. The minimum absolute atomic E-state index is 0.0310. The number of hydrogen-bond acceptors (Lipinski definition) is 3. The van der Waals surface area contributed by atoms with Crippen LogP contribution in [0, 0.1) is 0 Å². The van der Waals surface area contributed by atoms with Crippen molar-refractivity contribution < 1.29 is 14.6 Å². The Kier molecular flexibility index (Phi) is 3.28. The first-order chi connectivity index (χ1) is 7.66. The van der Waals surface area contributed by atoms with Crippen LogP contribution in [0.25, 0.3) is 0 Å². The fraction of sp³-hybridized carbons (Fsp3) is 0.400. The summed E-state index contributed by atoms with van der Waals surface area (Å²) < 4.78 is 6.32. The summed E-state index contributed by atoms with van der Waals surface area (Å²) in [4.78, 5) is 16.0. The zero-order chi connectivity index (χ0) is 11.5. The lowest BCUT2D eigenvalue weighted by Crippen LogP contribution is -2.53. The third-order valence-corrected chi connectivity index (χ3v) is 2.95. The highest BCUT2D eigenvalue weighted by atomic mass is 79.9. The number of aromatic nitrogens is 1. The third-order valence-electron chi connectivity index (χ3n) is 2.51. The summed E-state index contributed by atoms with van der Waals surface area (Å²) in [7, 11) is 0. The predicted molar refractivity (Wildman–Crippen MR) is 60.6 cm³/mol. The molecule has 1 atom stereocenters. The lowest BCUT2D eigenvalue weighted by molar-refractivity contribution is 0.0498. The topological polar surface area (TPSA) is 62.7 Å². The molecule has 0 saturated carbocycles. The van der Waals surface area contributed by atoms with Gasteiger partial charge in [0.25, 0.3) is 0 Å². The van der Waals surface area contributed by atoms with E-state index in [1.54, 1.807) is 18.5 Å². The van der Waals surface area contributed by atoms with Crippen molar-refractivity contribution in [3.63, 3.8) is 0 Å². The maximum absolute atomic E-state index is 10.7. The monoisotopic (exact) mass is 286 g/mol. The summed E-state index contributed by atoms with van der Waals surface area (Å²) in [6, 6.07) is 1.77. The van der Waals surface area contributed by atoms with Gasteiger partial charge in [0.05, 0.1) is 12.2 Å². The van der Waals surface area contributed by atoms with E-state index in [0.29, 0.717) is 18.9 Å². The van der Waals surface area contributed by atoms with Crippen molar-refractivity contribution in [3.8, 4) is 5.75 Å². The van der Waals surface area contributed by atoms with Gasteiger partial charge < -0.3 is 14.7 Å². The van der Waals surface area contributed by atoms with E-state index in [0.717, 1.165) is 10.9 Å². The molecule has 86 valence electrons. The highest BCUT2D eigenvalue weighted by molar-refractivity contribution is 9.10. The molecule has 1 aromatic heterocycles. The Morgan fingerprint density at radius 2 is 2.50 bits per heavy atom. The van der Waals surface area contributed by atoms with E-state index in [-0.39, 0.29) is 6.04 Å². The van der Waals surface area contributed by atoms with Gasteiger partial charge in [0, 0.05) is 17.2 Å². The van der Waals surface area contributed by atoms with Crippen LogP contribution in [-0.4, -0.2) is 40.3 Å². The van der Waals surface area contributed by atoms with Crippen LogP contribution in [0.2, 0.25) is 0 Å². The largest absolute Gasteiger partial charge is 0.490 e. The summed E-state index contributed by atoms with van der Waals surface area (Å²) in [6.45, 7) is 0.977. The molecule has 6 heteroatoms. The van der Waals surface area contributed by atoms with Gasteiger partial charge in [-0.1, -0.05) is 0 Å². The number of rotatable bonds is 3. The van der Waals surface area contributed by atoms with Crippen LogP contribution in [0.4, 0.5) is 4.79 Å². The standard InChI is InChI=1S/C10H11BrN2O3/c11-7-3-9(5-12-4-7)16-6-8-1-2-13(8)10(14)15/h3-5,8H,1-2,6H2,(H,14,15). The van der Waals surface area contributed by atoms with Crippen LogP contribution in [0.15, 0.2) is 22.9 Å². The number of nitrogens with zero attached hydrogens (tertiary/aromatic N) is 2. The van der Waals surface area contributed by atoms with Gasteiger partial charge >= 0.3 is 6.09 Å². The van der Waals surface area contributed by atoms with E-state index in [1.165, 1.54) is 4.90 Å². The van der Waals surface area contributed by atoms with E-state index in [4.69, 9.17) is 9.84 Å². The minimum Gasteiger partial charge on any atom is -0.490 e. The molecule has 16 heavy (non-hydrogen) atoms. The number of carboxylic acid groups (broad SMARTS) is 1. The molecule has 0 spiro atoms. The van der Waals surface area contributed by atoms with E-state index < -0.39 is 6.09 Å². The van der Waals surface area contributed by atoms with Crippen molar-refractivity contribution >= 4 is 22.0 Å². The molecule has 2 rings (SSSR count). The molecule has 1 aliphatic rings. The second-order valence-corrected chi connectivity index (χ2v) is 4.48. The van der Waals surface area contributed by atoms with Gasteiger partial charge in [-0.15, -0.1) is 0 Å². The van der Waals surface area contributed by atoms with E-state index in [9.17, 15) is 4.79 Å². The van der Waals surface area contributed by atoms with E-state index >= 15 is 0 Å². The van der Waals surface area contributed by atoms with E-state index in [2.05, 4.69) is 20.9 Å². The first-order valence-corrected chi connectivity index (χ1v) is 5.69. The molecule has 0 bridgehead atoms. The Morgan fingerprint density at radius 1 is 1.69 bits per heavy atom. The Labute approximate surface area is 101 Å². The summed E-state index contributed by atoms with van der Waals surface area (Å²) in [5, 5.41) is 8.80. The highest BCUT2D eigenvalue weighted by Gasteiger charge is 2.32. The lowest BCUT2D eigenvalue weighted by atomic mass is 10.1. The van der Waals surface area contributed by atoms with Gasteiger partial charge in [-0.05, 0) is 28.4 Å². The van der Waals surface area contributed by atoms with Crippen LogP contribution >= 0.6 is 15.9 Å². The second-order valence-electron chi connectivity index (χ2n) is 3.57. The lowest BCUT2D eigenvalue weighted by Gasteiger charge is -2.38. The Hall–Kier alpha value is -1.30. The zero-order valence-corrected chi connectivity index (χ0v) is 10.1. The Bertz CT molecular complexity index is 399. The third kappa shape index (κ3) is 2.44. The number of carbonyl (C=O) groups is 1. The maximum atomic E-state index is 10.7. The molecule has 1 saturated heterocycles. The quantitative estimate of drug-likeness (QED) is 0.923. The highest BCUT2D eigenvalue weighted by Crippen LogP contribution is 2.20. The second kappa shape index (κ2) is 4.69. The first-order valence-electron chi connectivity index (χ1n) is 4.90. The van der Waals surface area contributed by atoms with Crippen molar-refractivity contribution in [1.82, 2.24) is 9.88 Å². The van der Waals surface area contributed by atoms with Gasteiger partial charge in [-0.25, -0.2) is 4.79 Å². The van der Waals surface area contributed by atoms with Crippen molar-refractivity contribution in [2.75, 3.05) is 13.2 Å². The summed E-state index contributed by atoms with van der Waals surface area (Å²) >= 11 is 3.29. The van der Waals surface area contributed by atoms with Gasteiger partial charge in [0.15, 0.2) is 0 Å². The molecule has 1 N–H and O–H groups in total. The molecule has 1 amide bonds. The Morgan fingerprint density at radius 3 is 3.06 bits per heavy atom. The van der Waals surface area contributed by atoms with Crippen molar-refractivity contribution in [1.29, 1.82) is 0 Å². The number of pyridine rings is 1. The molecule has 0 radical (unpaired) electrons. The van der Waals surface area contributed by atoms with Crippen molar-refractivity contribution in [3.05, 3.63) is 22.9 Å². The molecular formula is C10H11BrN2O3. The van der Waals surface area contributed by atoms with Crippen LogP contribution in [-0.2, 0) is 0 Å². The molecule has 5 nitrogen and oxygen atoms in total. The van der Waals surface area contributed by atoms with Crippen LogP contribution < -0.4 is 4.74 Å². The molecule has 1 unspecified atom stereocenters. The van der Waals surface area contributed by atoms with Crippen molar-refractivity contribution in [2.24, 2.45) is 0 Å². The first kappa shape index (κ1) is 11.2. The van der Waals surface area contributed by atoms with Crippen LogP contribution in [0.3, 0.4) is 0 Å². The van der Waals surface area contributed by atoms with Crippen molar-refractivity contribution in [2.45, 2.75) is 12.5 Å². The summed E-state index contributed by atoms with van der Waals surface area (Å²) in [6.07, 6.45) is 3.24. The molecule has 2 heterocycles. The number of halogens is 1. The molecule has 1 aromatic rings. The molecule has 1 aliphatic heterocycles. The van der Waals surface area contributed by atoms with Crippen LogP contribution in [0.5, 0.6) is 5.75 Å². The van der Waals surface area contributed by atoms with Gasteiger partial charge in [-0.2, -0.15) is 0 Å². The van der Waals surface area contributed by atoms with Gasteiger partial charge in [-0.3, -0.25) is 4.98 Å². The predicted octanol–water partition coefficient (Wildman–Crippen LogP) is 1.98. The number of ether oxygens (including phenoxy) is 1. The fourth-order valence-electron chi connectivity index (χ4n) is 1.53. The zero-order valence-electron chi connectivity index (χ0n) is 8.47. The average Bonchev–Trinajstić information content (AvgIpc) is 2.15. The molecule has 0 aromatic carbocycles.